The minimum atomic E-state index is 1.15. The quantitative estimate of drug-likeness (QED) is 0.567. The average molecular weight is 271 g/mol. The standard InChI is InChI=1S/C5H10Br2.C2H3N/c6-4-2-1-3-5-7;1-2-3/h1-5H2;1H3. The molecule has 10 heavy (non-hydrogen) atoms. The summed E-state index contributed by atoms with van der Waals surface area (Å²) in [5, 5.41) is 9.62. The number of rotatable bonds is 4. The van der Waals surface area contributed by atoms with Crippen LogP contribution < -0.4 is 0 Å². The highest BCUT2D eigenvalue weighted by Gasteiger charge is 1.81. The summed E-state index contributed by atoms with van der Waals surface area (Å²) in [7, 11) is 0. The minimum Gasteiger partial charge on any atom is -0.199 e. The maximum Gasteiger partial charge on any atom is 0.0587 e. The SMILES string of the molecule is BrCCCCCBr.CC#N. The van der Waals surface area contributed by atoms with E-state index in [1.54, 1.807) is 6.07 Å². The molecule has 0 unspecified atom stereocenters. The van der Waals surface area contributed by atoms with Crippen LogP contribution >= 0.6 is 31.9 Å². The molecule has 0 heterocycles. The van der Waals surface area contributed by atoms with Crippen LogP contribution in [0.3, 0.4) is 0 Å². The van der Waals surface area contributed by atoms with Crippen molar-refractivity contribution >= 4 is 31.9 Å². The van der Waals surface area contributed by atoms with Gasteiger partial charge in [-0.1, -0.05) is 38.3 Å². The summed E-state index contributed by atoms with van der Waals surface area (Å²) in [5.74, 6) is 0. The van der Waals surface area contributed by atoms with Crippen molar-refractivity contribution in [3.8, 4) is 6.07 Å². The van der Waals surface area contributed by atoms with Crippen molar-refractivity contribution in [2.75, 3.05) is 10.7 Å². The van der Waals surface area contributed by atoms with Crippen molar-refractivity contribution in [1.29, 1.82) is 5.26 Å². The summed E-state index contributed by atoms with van der Waals surface area (Å²) in [4.78, 5) is 0. The van der Waals surface area contributed by atoms with Crippen LogP contribution in [0.5, 0.6) is 0 Å². The van der Waals surface area contributed by atoms with E-state index in [1.807, 2.05) is 0 Å². The van der Waals surface area contributed by atoms with Gasteiger partial charge >= 0.3 is 0 Å². The Kier molecular flexibility index (Phi) is 21.2. The summed E-state index contributed by atoms with van der Waals surface area (Å²) >= 11 is 6.73. The highest BCUT2D eigenvalue weighted by molar-refractivity contribution is 9.09. The normalized spacial score (nSPS) is 7.40. The van der Waals surface area contributed by atoms with Crippen LogP contribution in [0.15, 0.2) is 0 Å². The molecule has 0 radical (unpaired) electrons. The summed E-state index contributed by atoms with van der Waals surface area (Å²) < 4.78 is 0. The molecule has 60 valence electrons. The molecule has 0 saturated heterocycles. The van der Waals surface area contributed by atoms with E-state index in [0.717, 1.165) is 10.7 Å². The minimum absolute atomic E-state index is 1.15. The van der Waals surface area contributed by atoms with Gasteiger partial charge in [-0.3, -0.25) is 0 Å². The highest BCUT2D eigenvalue weighted by Crippen LogP contribution is 1.99. The Morgan fingerprint density at radius 2 is 1.40 bits per heavy atom. The third kappa shape index (κ3) is 23.7. The maximum absolute atomic E-state index is 7.32. The Labute approximate surface area is 80.1 Å². The van der Waals surface area contributed by atoms with E-state index in [4.69, 9.17) is 5.26 Å². The van der Waals surface area contributed by atoms with Gasteiger partial charge in [-0.05, 0) is 12.8 Å². The molecular formula is C7H13Br2N. The first-order chi connectivity index (χ1) is 4.83. The van der Waals surface area contributed by atoms with Gasteiger partial charge in [-0.2, -0.15) is 5.26 Å². The van der Waals surface area contributed by atoms with Gasteiger partial charge in [0, 0.05) is 17.6 Å². The summed E-state index contributed by atoms with van der Waals surface area (Å²) in [6.45, 7) is 1.43. The maximum atomic E-state index is 7.32. The van der Waals surface area contributed by atoms with Gasteiger partial charge in [0.25, 0.3) is 0 Å². The fraction of sp³-hybridized carbons (Fsp3) is 0.857. The van der Waals surface area contributed by atoms with Crippen LogP contribution in [0.2, 0.25) is 0 Å². The predicted molar refractivity (Wildman–Crippen MR) is 52.7 cm³/mol. The smallest absolute Gasteiger partial charge is 0.0587 e. The van der Waals surface area contributed by atoms with Crippen LogP contribution in [-0.2, 0) is 0 Å². The van der Waals surface area contributed by atoms with Crippen molar-refractivity contribution in [2.45, 2.75) is 26.2 Å². The first-order valence-electron chi connectivity index (χ1n) is 3.26. The van der Waals surface area contributed by atoms with E-state index in [-0.39, 0.29) is 0 Å². The molecule has 1 nitrogen and oxygen atoms in total. The monoisotopic (exact) mass is 269 g/mol. The molecule has 0 aromatic rings. The van der Waals surface area contributed by atoms with Crippen LogP contribution in [0.4, 0.5) is 0 Å². The van der Waals surface area contributed by atoms with Crippen molar-refractivity contribution in [3.05, 3.63) is 0 Å². The van der Waals surface area contributed by atoms with E-state index >= 15 is 0 Å². The lowest BCUT2D eigenvalue weighted by Gasteiger charge is -1.88. The number of nitriles is 1. The van der Waals surface area contributed by atoms with Crippen LogP contribution in [0.25, 0.3) is 0 Å². The Morgan fingerprint density at radius 3 is 1.60 bits per heavy atom. The Balaban J connectivity index is 0. The van der Waals surface area contributed by atoms with Crippen LogP contribution in [0, 0.1) is 11.3 Å². The number of hydrogen-bond acceptors (Lipinski definition) is 1. The van der Waals surface area contributed by atoms with E-state index in [2.05, 4.69) is 31.9 Å². The summed E-state index contributed by atoms with van der Waals surface area (Å²) in [6.07, 6.45) is 3.97. The Hall–Kier alpha value is 0.450. The first-order valence-corrected chi connectivity index (χ1v) is 5.50. The molecule has 0 aliphatic carbocycles. The molecular weight excluding hydrogens is 258 g/mol. The van der Waals surface area contributed by atoms with Gasteiger partial charge in [-0.15, -0.1) is 0 Å². The molecule has 0 aromatic heterocycles. The molecule has 0 rings (SSSR count). The van der Waals surface area contributed by atoms with Gasteiger partial charge in [0.1, 0.15) is 0 Å². The molecule has 0 fully saturated rings. The van der Waals surface area contributed by atoms with Crippen molar-refractivity contribution in [2.24, 2.45) is 0 Å². The molecule has 0 atom stereocenters. The molecule has 0 saturated carbocycles. The fourth-order valence-electron chi connectivity index (χ4n) is 0.366. The predicted octanol–water partition coefficient (Wildman–Crippen LogP) is 3.48. The van der Waals surface area contributed by atoms with Gasteiger partial charge in [0.15, 0.2) is 0 Å². The zero-order chi connectivity index (χ0) is 8.24. The number of unbranched alkanes of at least 4 members (excludes halogenated alkanes) is 2. The largest absolute Gasteiger partial charge is 0.199 e. The van der Waals surface area contributed by atoms with E-state index < -0.39 is 0 Å². The van der Waals surface area contributed by atoms with E-state index in [0.29, 0.717) is 0 Å². The summed E-state index contributed by atoms with van der Waals surface area (Å²) in [5.41, 5.74) is 0. The van der Waals surface area contributed by atoms with E-state index in [1.165, 1.54) is 26.2 Å². The lowest BCUT2D eigenvalue weighted by atomic mass is 10.3. The van der Waals surface area contributed by atoms with Gasteiger partial charge < -0.3 is 0 Å². The number of nitrogens with zero attached hydrogens (tertiary/aromatic N) is 1. The highest BCUT2D eigenvalue weighted by atomic mass is 79.9. The van der Waals surface area contributed by atoms with Crippen molar-refractivity contribution < 1.29 is 0 Å². The molecule has 0 spiro atoms. The van der Waals surface area contributed by atoms with E-state index in [9.17, 15) is 0 Å². The lowest BCUT2D eigenvalue weighted by molar-refractivity contribution is 0.792. The van der Waals surface area contributed by atoms with Gasteiger partial charge in [-0.25, -0.2) is 0 Å². The van der Waals surface area contributed by atoms with Crippen LogP contribution in [-0.4, -0.2) is 10.7 Å². The first kappa shape index (κ1) is 13.1. The molecule has 0 bridgehead atoms. The Bertz CT molecular complexity index is 74.2. The lowest BCUT2D eigenvalue weighted by Crippen LogP contribution is -1.76. The van der Waals surface area contributed by atoms with Gasteiger partial charge in [0.05, 0.1) is 6.07 Å². The van der Waals surface area contributed by atoms with Crippen LogP contribution in [0.1, 0.15) is 26.2 Å². The third-order valence-electron chi connectivity index (χ3n) is 0.767. The second kappa shape index (κ2) is 16.2. The fourth-order valence-corrected chi connectivity index (χ4v) is 1.16. The second-order valence-electron chi connectivity index (χ2n) is 1.66. The van der Waals surface area contributed by atoms with Crippen molar-refractivity contribution in [3.63, 3.8) is 0 Å². The molecule has 0 aliphatic rings. The molecule has 0 amide bonds. The van der Waals surface area contributed by atoms with Gasteiger partial charge in [0.2, 0.25) is 0 Å². The molecule has 0 N–H and O–H groups in total. The second-order valence-corrected chi connectivity index (χ2v) is 3.25. The number of hydrogen-bond donors (Lipinski definition) is 0. The number of alkyl halides is 2. The third-order valence-corrected chi connectivity index (χ3v) is 1.89. The summed E-state index contributed by atoms with van der Waals surface area (Å²) in [6, 6.07) is 1.75. The molecule has 0 aliphatic heterocycles. The zero-order valence-corrected chi connectivity index (χ0v) is 9.41. The zero-order valence-electron chi connectivity index (χ0n) is 6.24. The average Bonchev–Trinajstić information content (AvgIpc) is 1.91. The number of halogens is 2. The topological polar surface area (TPSA) is 23.8 Å². The molecule has 3 heteroatoms. The van der Waals surface area contributed by atoms with Crippen molar-refractivity contribution in [1.82, 2.24) is 0 Å². The Morgan fingerprint density at radius 1 is 1.10 bits per heavy atom. The molecule has 0 aromatic carbocycles.